The normalized spacial score (nSPS) is 21.0. The fraction of sp³-hybridized carbons (Fsp3) is 0.143. The molecule has 0 amide bonds. The number of sulfonamides is 1. The van der Waals surface area contributed by atoms with Gasteiger partial charge < -0.3 is 5.32 Å². The standard InChI is InChI=1S/C28H23ClN2O2S/c29-20-13-11-19(12-14-20)28-24-9-4-8-23(24)25-17-21(15-16-26(25)30-28)34(32,33)31-27-10-3-6-18-5-1-2-7-22(18)27/h1-8,10-17,23-24,28,30-31H,9H2/t23-,24+,28+/m1/s1. The summed E-state index contributed by atoms with van der Waals surface area (Å²) in [5.74, 6) is 0.474. The molecule has 0 aromatic heterocycles. The molecule has 2 N–H and O–H groups in total. The maximum Gasteiger partial charge on any atom is 0.261 e. The Morgan fingerprint density at radius 2 is 1.71 bits per heavy atom. The highest BCUT2D eigenvalue weighted by Crippen LogP contribution is 2.50. The van der Waals surface area contributed by atoms with Crippen LogP contribution in [0.4, 0.5) is 11.4 Å². The van der Waals surface area contributed by atoms with Gasteiger partial charge in [-0.1, -0.05) is 72.3 Å². The molecule has 4 nitrogen and oxygen atoms in total. The monoisotopic (exact) mass is 486 g/mol. The van der Waals surface area contributed by atoms with Gasteiger partial charge in [0.05, 0.1) is 16.6 Å². The zero-order valence-electron chi connectivity index (χ0n) is 18.3. The Morgan fingerprint density at radius 1 is 0.912 bits per heavy atom. The molecule has 1 aliphatic heterocycles. The van der Waals surface area contributed by atoms with Crippen molar-refractivity contribution < 1.29 is 8.42 Å². The van der Waals surface area contributed by atoms with Crippen LogP contribution in [0.25, 0.3) is 10.8 Å². The molecule has 1 aliphatic carbocycles. The molecule has 0 unspecified atom stereocenters. The Bertz CT molecular complexity index is 1520. The van der Waals surface area contributed by atoms with E-state index in [1.807, 2.05) is 60.7 Å². The van der Waals surface area contributed by atoms with Crippen molar-refractivity contribution in [2.75, 3.05) is 10.0 Å². The lowest BCUT2D eigenvalue weighted by Gasteiger charge is -2.37. The zero-order chi connectivity index (χ0) is 23.3. The molecule has 170 valence electrons. The van der Waals surface area contributed by atoms with Crippen molar-refractivity contribution >= 4 is 43.8 Å². The van der Waals surface area contributed by atoms with E-state index in [1.165, 1.54) is 5.56 Å². The molecule has 2 aliphatic rings. The minimum Gasteiger partial charge on any atom is -0.378 e. The highest BCUT2D eigenvalue weighted by Gasteiger charge is 2.38. The van der Waals surface area contributed by atoms with Crippen LogP contribution in [0.5, 0.6) is 0 Å². The molecule has 0 bridgehead atoms. The molecule has 3 atom stereocenters. The van der Waals surface area contributed by atoms with E-state index in [0.29, 0.717) is 11.6 Å². The fourth-order valence-electron chi connectivity index (χ4n) is 5.26. The molecule has 0 fully saturated rings. The number of benzene rings is 4. The number of hydrogen-bond donors (Lipinski definition) is 2. The van der Waals surface area contributed by atoms with Crippen LogP contribution in [0.15, 0.2) is 102 Å². The Hall–Kier alpha value is -3.28. The molecule has 6 heteroatoms. The summed E-state index contributed by atoms with van der Waals surface area (Å²) in [6, 6.07) is 26.9. The van der Waals surface area contributed by atoms with Crippen molar-refractivity contribution in [2.45, 2.75) is 23.3 Å². The van der Waals surface area contributed by atoms with E-state index in [1.54, 1.807) is 12.1 Å². The minimum absolute atomic E-state index is 0.140. The lowest BCUT2D eigenvalue weighted by atomic mass is 9.77. The number of anilines is 2. The number of fused-ring (bicyclic) bond motifs is 4. The Labute approximate surface area is 204 Å². The van der Waals surface area contributed by atoms with Crippen molar-refractivity contribution in [3.63, 3.8) is 0 Å². The van der Waals surface area contributed by atoms with Gasteiger partial charge in [-0.15, -0.1) is 0 Å². The average molecular weight is 487 g/mol. The predicted molar refractivity (Wildman–Crippen MR) is 139 cm³/mol. The molecule has 1 heterocycles. The topological polar surface area (TPSA) is 58.2 Å². The van der Waals surface area contributed by atoms with Gasteiger partial charge in [0.1, 0.15) is 0 Å². The molecule has 0 saturated carbocycles. The Balaban J connectivity index is 1.36. The van der Waals surface area contributed by atoms with Crippen molar-refractivity contribution in [3.05, 3.63) is 113 Å². The van der Waals surface area contributed by atoms with Crippen molar-refractivity contribution in [2.24, 2.45) is 5.92 Å². The molecule has 4 aromatic carbocycles. The van der Waals surface area contributed by atoms with Crippen LogP contribution >= 0.6 is 11.6 Å². The fourth-order valence-corrected chi connectivity index (χ4v) is 6.50. The number of allylic oxidation sites excluding steroid dienone is 2. The molecule has 0 spiro atoms. The van der Waals surface area contributed by atoms with Crippen molar-refractivity contribution in [3.8, 4) is 0 Å². The Morgan fingerprint density at radius 3 is 2.56 bits per heavy atom. The SMILES string of the molecule is O=S(=O)(Nc1cccc2ccccc12)c1ccc2c(c1)[C@@H]1C=CC[C@@H]1[C@H](c1ccc(Cl)cc1)N2. The van der Waals surface area contributed by atoms with Gasteiger partial charge in [-0.3, -0.25) is 4.72 Å². The molecule has 0 radical (unpaired) electrons. The number of hydrogen-bond acceptors (Lipinski definition) is 3. The maximum atomic E-state index is 13.4. The molecule has 0 saturated heterocycles. The summed E-state index contributed by atoms with van der Waals surface area (Å²) in [4.78, 5) is 0.268. The molecule has 4 aromatic rings. The van der Waals surface area contributed by atoms with Crippen LogP contribution in [0, 0.1) is 5.92 Å². The van der Waals surface area contributed by atoms with Crippen LogP contribution in [-0.2, 0) is 10.0 Å². The van der Waals surface area contributed by atoms with Crippen molar-refractivity contribution in [1.29, 1.82) is 0 Å². The first-order valence-corrected chi connectivity index (χ1v) is 13.2. The summed E-state index contributed by atoms with van der Waals surface area (Å²) in [5, 5.41) is 6.24. The van der Waals surface area contributed by atoms with E-state index in [9.17, 15) is 8.42 Å². The summed E-state index contributed by atoms with van der Waals surface area (Å²) in [6.45, 7) is 0. The van der Waals surface area contributed by atoms with E-state index >= 15 is 0 Å². The van der Waals surface area contributed by atoms with E-state index in [4.69, 9.17) is 11.6 Å². The van der Waals surface area contributed by atoms with Gasteiger partial charge in [0.15, 0.2) is 0 Å². The summed E-state index contributed by atoms with van der Waals surface area (Å²) in [5.41, 5.74) is 3.75. The summed E-state index contributed by atoms with van der Waals surface area (Å²) >= 11 is 6.10. The number of rotatable bonds is 4. The van der Waals surface area contributed by atoms with Gasteiger partial charge in [0.25, 0.3) is 10.0 Å². The highest BCUT2D eigenvalue weighted by atomic mass is 35.5. The highest BCUT2D eigenvalue weighted by molar-refractivity contribution is 7.92. The van der Waals surface area contributed by atoms with E-state index in [-0.39, 0.29) is 16.9 Å². The second kappa shape index (κ2) is 8.19. The first kappa shape index (κ1) is 21.3. The summed E-state index contributed by atoms with van der Waals surface area (Å²) in [7, 11) is -3.75. The van der Waals surface area contributed by atoms with E-state index in [2.05, 4.69) is 34.3 Å². The first-order chi connectivity index (χ1) is 16.5. The van der Waals surface area contributed by atoms with Gasteiger partial charge in [-0.25, -0.2) is 8.42 Å². The molecule has 6 rings (SSSR count). The third-order valence-electron chi connectivity index (χ3n) is 6.91. The van der Waals surface area contributed by atoms with Gasteiger partial charge in [-0.05, 0) is 65.3 Å². The van der Waals surface area contributed by atoms with Gasteiger partial charge in [-0.2, -0.15) is 0 Å². The van der Waals surface area contributed by atoms with E-state index in [0.717, 1.165) is 33.5 Å². The van der Waals surface area contributed by atoms with Crippen LogP contribution in [-0.4, -0.2) is 8.42 Å². The van der Waals surface area contributed by atoms with Crippen LogP contribution in [0.2, 0.25) is 5.02 Å². The van der Waals surface area contributed by atoms with Crippen molar-refractivity contribution in [1.82, 2.24) is 0 Å². The smallest absolute Gasteiger partial charge is 0.261 e. The molecular formula is C28H23ClN2O2S. The van der Waals surface area contributed by atoms with E-state index < -0.39 is 10.0 Å². The van der Waals surface area contributed by atoms with Crippen LogP contribution in [0.3, 0.4) is 0 Å². The maximum absolute atomic E-state index is 13.4. The lowest BCUT2D eigenvalue weighted by Crippen LogP contribution is -2.29. The second-order valence-electron chi connectivity index (χ2n) is 8.91. The van der Waals surface area contributed by atoms with Gasteiger partial charge in [0, 0.05) is 22.0 Å². The molecular weight excluding hydrogens is 464 g/mol. The van der Waals surface area contributed by atoms with Crippen LogP contribution in [0.1, 0.15) is 29.5 Å². The predicted octanol–water partition coefficient (Wildman–Crippen LogP) is 7.12. The number of halogens is 1. The Kier molecular flexibility index (Phi) is 5.12. The first-order valence-electron chi connectivity index (χ1n) is 11.3. The second-order valence-corrected chi connectivity index (χ2v) is 11.0. The zero-order valence-corrected chi connectivity index (χ0v) is 19.9. The lowest BCUT2D eigenvalue weighted by molar-refractivity contribution is 0.425. The summed E-state index contributed by atoms with van der Waals surface area (Å²) < 4.78 is 29.6. The third kappa shape index (κ3) is 3.65. The molecule has 34 heavy (non-hydrogen) atoms. The summed E-state index contributed by atoms with van der Waals surface area (Å²) in [6.07, 6.45) is 5.35. The minimum atomic E-state index is -3.75. The quantitative estimate of drug-likeness (QED) is 0.302. The van der Waals surface area contributed by atoms with Crippen LogP contribution < -0.4 is 10.0 Å². The van der Waals surface area contributed by atoms with Gasteiger partial charge >= 0.3 is 0 Å². The third-order valence-corrected chi connectivity index (χ3v) is 8.52. The average Bonchev–Trinajstić information content (AvgIpc) is 3.34. The number of nitrogens with one attached hydrogen (secondary N) is 2. The van der Waals surface area contributed by atoms with Gasteiger partial charge in [0.2, 0.25) is 0 Å². The largest absolute Gasteiger partial charge is 0.378 e.